The lowest BCUT2D eigenvalue weighted by molar-refractivity contribution is 0.556. The van der Waals surface area contributed by atoms with Crippen LogP contribution in [0.15, 0.2) is 53.9 Å². The van der Waals surface area contributed by atoms with E-state index in [1.165, 1.54) is 24.1 Å². The van der Waals surface area contributed by atoms with E-state index < -0.39 is 0 Å². The molecule has 3 heterocycles. The first-order valence-corrected chi connectivity index (χ1v) is 7.71. The van der Waals surface area contributed by atoms with Crippen LogP contribution in [0.3, 0.4) is 0 Å². The molecular formula is C16H20N6. The maximum atomic E-state index is 4.16. The highest BCUT2D eigenvalue weighted by Crippen LogP contribution is 2.39. The van der Waals surface area contributed by atoms with Crippen LogP contribution in [0.1, 0.15) is 18.5 Å². The van der Waals surface area contributed by atoms with E-state index in [0.29, 0.717) is 6.54 Å². The van der Waals surface area contributed by atoms with Gasteiger partial charge in [-0.15, -0.1) is 5.10 Å². The lowest BCUT2D eigenvalue weighted by Gasteiger charge is -2.27. The molecule has 0 bridgehead atoms. The molecule has 6 nitrogen and oxygen atoms in total. The number of hydrogen-bond acceptors (Lipinski definition) is 5. The molecule has 0 spiro atoms. The van der Waals surface area contributed by atoms with Crippen molar-refractivity contribution in [2.24, 2.45) is 5.92 Å². The quantitative estimate of drug-likeness (QED) is 0.861. The largest absolute Gasteiger partial charge is 0.360 e. The Morgan fingerprint density at radius 2 is 2.23 bits per heavy atom. The molecule has 0 amide bonds. The Balaban J connectivity index is 1.48. The van der Waals surface area contributed by atoms with Gasteiger partial charge in [-0.2, -0.15) is 0 Å². The van der Waals surface area contributed by atoms with Crippen molar-refractivity contribution in [3.63, 3.8) is 0 Å². The normalized spacial score (nSPS) is 20.0. The van der Waals surface area contributed by atoms with Gasteiger partial charge in [-0.05, 0) is 37.5 Å². The third-order valence-corrected chi connectivity index (χ3v) is 4.06. The van der Waals surface area contributed by atoms with Gasteiger partial charge in [-0.25, -0.2) is 4.68 Å². The molecule has 22 heavy (non-hydrogen) atoms. The summed E-state index contributed by atoms with van der Waals surface area (Å²) < 4.78 is 1.86. The second kappa shape index (κ2) is 5.46. The lowest BCUT2D eigenvalue weighted by Crippen LogP contribution is -2.25. The zero-order valence-electron chi connectivity index (χ0n) is 12.7. The van der Waals surface area contributed by atoms with Crippen molar-refractivity contribution >= 4 is 0 Å². The van der Waals surface area contributed by atoms with Gasteiger partial charge in [0.15, 0.2) is 0 Å². The second-order valence-electron chi connectivity index (χ2n) is 5.95. The van der Waals surface area contributed by atoms with Crippen LogP contribution in [-0.2, 0) is 13.1 Å². The van der Waals surface area contributed by atoms with Crippen LogP contribution in [0.25, 0.3) is 0 Å². The van der Waals surface area contributed by atoms with E-state index >= 15 is 0 Å². The van der Waals surface area contributed by atoms with Crippen molar-refractivity contribution in [3.8, 4) is 0 Å². The van der Waals surface area contributed by atoms with Gasteiger partial charge in [0.05, 0.1) is 29.8 Å². The molecular weight excluding hydrogens is 276 g/mol. The SMILES string of the molecule is CNCc1cn(CC2=CN3C=C(C4CC4)C=CC3=CN2)nn1. The fraction of sp³-hybridized carbons (Fsp3) is 0.375. The number of nitrogens with one attached hydrogen (secondary N) is 2. The second-order valence-corrected chi connectivity index (χ2v) is 5.95. The van der Waals surface area contributed by atoms with Gasteiger partial charge >= 0.3 is 0 Å². The molecule has 6 heteroatoms. The molecule has 3 aliphatic rings. The van der Waals surface area contributed by atoms with Crippen molar-refractivity contribution in [2.45, 2.75) is 25.9 Å². The number of rotatable bonds is 5. The van der Waals surface area contributed by atoms with Gasteiger partial charge in [0.2, 0.25) is 0 Å². The molecule has 114 valence electrons. The van der Waals surface area contributed by atoms with Crippen molar-refractivity contribution in [1.82, 2.24) is 30.5 Å². The highest BCUT2D eigenvalue weighted by molar-refractivity contribution is 5.40. The molecule has 0 atom stereocenters. The van der Waals surface area contributed by atoms with Crippen LogP contribution in [0, 0.1) is 5.92 Å². The summed E-state index contributed by atoms with van der Waals surface area (Å²) in [5, 5.41) is 14.7. The maximum absolute atomic E-state index is 4.16. The molecule has 1 fully saturated rings. The molecule has 1 aromatic rings. The van der Waals surface area contributed by atoms with Crippen LogP contribution >= 0.6 is 0 Å². The first kappa shape index (κ1) is 13.3. The summed E-state index contributed by atoms with van der Waals surface area (Å²) >= 11 is 0. The average molecular weight is 296 g/mol. The Morgan fingerprint density at radius 1 is 1.32 bits per heavy atom. The van der Waals surface area contributed by atoms with Crippen LogP contribution in [0.2, 0.25) is 0 Å². The molecule has 1 saturated carbocycles. The average Bonchev–Trinajstić information content (AvgIpc) is 3.29. The van der Waals surface area contributed by atoms with Gasteiger partial charge in [-0.3, -0.25) is 0 Å². The van der Waals surface area contributed by atoms with Crippen LogP contribution in [0.4, 0.5) is 0 Å². The zero-order valence-corrected chi connectivity index (χ0v) is 12.7. The summed E-state index contributed by atoms with van der Waals surface area (Å²) in [6.45, 7) is 1.42. The highest BCUT2D eigenvalue weighted by atomic mass is 15.4. The van der Waals surface area contributed by atoms with Crippen molar-refractivity contribution in [1.29, 1.82) is 0 Å². The third kappa shape index (κ3) is 2.69. The molecule has 2 aliphatic heterocycles. The minimum Gasteiger partial charge on any atom is -0.360 e. The van der Waals surface area contributed by atoms with Crippen LogP contribution in [0.5, 0.6) is 0 Å². The van der Waals surface area contributed by atoms with Gasteiger partial charge in [-0.1, -0.05) is 11.3 Å². The van der Waals surface area contributed by atoms with Gasteiger partial charge < -0.3 is 15.5 Å². The van der Waals surface area contributed by atoms with Crippen molar-refractivity contribution < 1.29 is 0 Å². The molecule has 1 aliphatic carbocycles. The minimum atomic E-state index is 0.688. The first-order chi connectivity index (χ1) is 10.8. The molecule has 0 radical (unpaired) electrons. The summed E-state index contributed by atoms with van der Waals surface area (Å²) in [5.41, 5.74) is 4.66. The first-order valence-electron chi connectivity index (χ1n) is 7.71. The fourth-order valence-corrected chi connectivity index (χ4v) is 2.75. The molecule has 4 rings (SSSR count). The number of hydrogen-bond donors (Lipinski definition) is 2. The summed E-state index contributed by atoms with van der Waals surface area (Å²) in [6.07, 6.45) is 15.5. The van der Waals surface area contributed by atoms with Gasteiger partial charge in [0, 0.05) is 25.1 Å². The van der Waals surface area contributed by atoms with E-state index in [0.717, 1.165) is 23.9 Å². The highest BCUT2D eigenvalue weighted by Gasteiger charge is 2.27. The summed E-state index contributed by atoms with van der Waals surface area (Å²) in [6, 6.07) is 0. The summed E-state index contributed by atoms with van der Waals surface area (Å²) in [7, 11) is 1.91. The molecule has 2 N–H and O–H groups in total. The number of allylic oxidation sites excluding steroid dienone is 4. The summed E-state index contributed by atoms with van der Waals surface area (Å²) in [4.78, 5) is 2.20. The molecule has 0 unspecified atom stereocenters. The van der Waals surface area contributed by atoms with E-state index in [9.17, 15) is 0 Å². The van der Waals surface area contributed by atoms with Crippen LogP contribution < -0.4 is 10.6 Å². The smallest absolute Gasteiger partial charge is 0.0964 e. The number of nitrogens with zero attached hydrogens (tertiary/aromatic N) is 4. The summed E-state index contributed by atoms with van der Waals surface area (Å²) in [5.74, 6) is 0.768. The Bertz CT molecular complexity index is 689. The lowest BCUT2D eigenvalue weighted by atomic mass is 10.1. The van der Waals surface area contributed by atoms with Gasteiger partial charge in [0.25, 0.3) is 0 Å². The predicted octanol–water partition coefficient (Wildman–Crippen LogP) is 1.45. The molecule has 0 saturated heterocycles. The Hall–Kier alpha value is -2.34. The fourth-order valence-electron chi connectivity index (χ4n) is 2.75. The monoisotopic (exact) mass is 296 g/mol. The van der Waals surface area contributed by atoms with E-state index in [4.69, 9.17) is 0 Å². The van der Waals surface area contributed by atoms with E-state index in [1.807, 2.05) is 24.1 Å². The number of fused-ring (bicyclic) bond motifs is 1. The third-order valence-electron chi connectivity index (χ3n) is 4.06. The Labute approximate surface area is 129 Å². The van der Waals surface area contributed by atoms with Gasteiger partial charge in [0.1, 0.15) is 0 Å². The van der Waals surface area contributed by atoms with Crippen LogP contribution in [-0.4, -0.2) is 26.9 Å². The maximum Gasteiger partial charge on any atom is 0.0964 e. The molecule has 0 aromatic carbocycles. The Morgan fingerprint density at radius 3 is 3.05 bits per heavy atom. The van der Waals surface area contributed by atoms with E-state index in [-0.39, 0.29) is 0 Å². The minimum absolute atomic E-state index is 0.688. The zero-order chi connectivity index (χ0) is 14.9. The molecule has 1 aromatic heterocycles. The number of aromatic nitrogens is 3. The topological polar surface area (TPSA) is 58.0 Å². The van der Waals surface area contributed by atoms with E-state index in [2.05, 4.69) is 50.4 Å². The Kier molecular flexibility index (Phi) is 3.31. The standard InChI is InChI=1S/C16H20N6/c1-17-6-14-10-22(20-19-14)11-15-9-21-8-13(12-2-3-12)4-5-16(21)7-18-15/h4-5,7-10,12,17-18H,2-3,6,11H2,1H3. The predicted molar refractivity (Wildman–Crippen MR) is 83.9 cm³/mol. The van der Waals surface area contributed by atoms with Crippen molar-refractivity contribution in [2.75, 3.05) is 7.05 Å². The van der Waals surface area contributed by atoms with Crippen molar-refractivity contribution in [3.05, 3.63) is 59.6 Å². The van der Waals surface area contributed by atoms with E-state index in [1.54, 1.807) is 0 Å².